The normalized spacial score (nSPS) is 15.8. The van der Waals surface area contributed by atoms with Gasteiger partial charge in [-0.25, -0.2) is 4.98 Å². The zero-order chi connectivity index (χ0) is 17.8. The number of hydrogen-bond donors (Lipinski definition) is 1. The Bertz CT molecular complexity index is 976. The van der Waals surface area contributed by atoms with Crippen LogP contribution in [0.15, 0.2) is 36.5 Å². The van der Waals surface area contributed by atoms with Crippen LogP contribution in [0.25, 0.3) is 22.6 Å². The highest BCUT2D eigenvalue weighted by atomic mass is 16.3. The van der Waals surface area contributed by atoms with Gasteiger partial charge in [-0.05, 0) is 43.7 Å². The summed E-state index contributed by atoms with van der Waals surface area (Å²) in [6.45, 7) is 4.07. The Hall–Kier alpha value is -2.73. The molecule has 0 fully saturated rings. The van der Waals surface area contributed by atoms with Crippen LogP contribution in [0.3, 0.4) is 0 Å². The fraction of sp³-hybridized carbons (Fsp3) is 0.316. The number of β-amino-alcohol motifs (C(OH)–C–C–N with tert-alkyl or cyclic N) is 1. The molecule has 128 valence electrons. The number of anilines is 1. The van der Waals surface area contributed by atoms with E-state index < -0.39 is 5.41 Å². The quantitative estimate of drug-likeness (QED) is 0.796. The standard InChI is InChI=1S/C19H20N4O2/c1-19(2)12-10-14-16(11-15(12)23(8-9-24)18(19)25)22(3)17(21-14)13-6-4-5-7-20-13/h4-7,10-11,24H,8-9H2,1-3H3. The van der Waals surface area contributed by atoms with Crippen LogP contribution in [0.5, 0.6) is 0 Å². The summed E-state index contributed by atoms with van der Waals surface area (Å²) in [6, 6.07) is 9.73. The predicted octanol–water partition coefficient (Wildman–Crippen LogP) is 2.25. The molecule has 1 aliphatic rings. The lowest BCUT2D eigenvalue weighted by atomic mass is 9.86. The Morgan fingerprint density at radius 3 is 2.72 bits per heavy atom. The highest BCUT2D eigenvalue weighted by Crippen LogP contribution is 2.43. The number of rotatable bonds is 3. The van der Waals surface area contributed by atoms with Crippen molar-refractivity contribution in [1.82, 2.24) is 14.5 Å². The summed E-state index contributed by atoms with van der Waals surface area (Å²) in [5.74, 6) is 0.800. The van der Waals surface area contributed by atoms with Gasteiger partial charge in [-0.15, -0.1) is 0 Å². The number of benzene rings is 1. The molecule has 0 radical (unpaired) electrons. The number of nitrogens with zero attached hydrogens (tertiary/aromatic N) is 4. The second-order valence-electron chi connectivity index (χ2n) is 6.87. The van der Waals surface area contributed by atoms with Crippen LogP contribution in [-0.2, 0) is 17.3 Å². The van der Waals surface area contributed by atoms with Crippen molar-refractivity contribution in [3.8, 4) is 11.5 Å². The maximum atomic E-state index is 12.7. The van der Waals surface area contributed by atoms with E-state index >= 15 is 0 Å². The second kappa shape index (κ2) is 5.39. The van der Waals surface area contributed by atoms with Crippen molar-refractivity contribution in [3.63, 3.8) is 0 Å². The van der Waals surface area contributed by atoms with Crippen molar-refractivity contribution in [2.24, 2.45) is 7.05 Å². The van der Waals surface area contributed by atoms with Crippen molar-refractivity contribution in [3.05, 3.63) is 42.1 Å². The first-order chi connectivity index (χ1) is 11.9. The average Bonchev–Trinajstić information content (AvgIpc) is 3.03. The van der Waals surface area contributed by atoms with E-state index in [2.05, 4.69) is 4.98 Å². The van der Waals surface area contributed by atoms with E-state index in [1.54, 1.807) is 11.1 Å². The minimum atomic E-state index is -0.624. The number of aliphatic hydroxyl groups is 1. The molecule has 0 saturated carbocycles. The van der Waals surface area contributed by atoms with Gasteiger partial charge >= 0.3 is 0 Å². The molecule has 3 aromatic rings. The Kier molecular flexibility index (Phi) is 3.40. The first-order valence-corrected chi connectivity index (χ1v) is 8.30. The molecular formula is C19H20N4O2. The molecule has 1 amide bonds. The van der Waals surface area contributed by atoms with E-state index in [1.807, 2.05) is 55.8 Å². The van der Waals surface area contributed by atoms with Gasteiger partial charge in [0.05, 0.1) is 28.7 Å². The van der Waals surface area contributed by atoms with Crippen LogP contribution < -0.4 is 4.90 Å². The van der Waals surface area contributed by atoms with Crippen LogP contribution in [0.1, 0.15) is 19.4 Å². The molecule has 1 aromatic carbocycles. The molecule has 1 aliphatic heterocycles. The molecule has 0 atom stereocenters. The van der Waals surface area contributed by atoms with Gasteiger partial charge in [0, 0.05) is 19.8 Å². The summed E-state index contributed by atoms with van der Waals surface area (Å²) >= 11 is 0. The third-order valence-corrected chi connectivity index (χ3v) is 4.96. The summed E-state index contributed by atoms with van der Waals surface area (Å²) in [4.78, 5) is 23.5. The van der Waals surface area contributed by atoms with Gasteiger partial charge in [-0.1, -0.05) is 6.07 Å². The number of fused-ring (bicyclic) bond motifs is 2. The molecule has 0 spiro atoms. The van der Waals surface area contributed by atoms with Crippen LogP contribution in [0.4, 0.5) is 5.69 Å². The van der Waals surface area contributed by atoms with Gasteiger partial charge < -0.3 is 14.6 Å². The Morgan fingerprint density at radius 2 is 2.04 bits per heavy atom. The van der Waals surface area contributed by atoms with E-state index in [1.165, 1.54) is 0 Å². The Morgan fingerprint density at radius 1 is 1.24 bits per heavy atom. The Balaban J connectivity index is 1.95. The zero-order valence-corrected chi connectivity index (χ0v) is 14.5. The van der Waals surface area contributed by atoms with Crippen molar-refractivity contribution >= 4 is 22.6 Å². The molecule has 25 heavy (non-hydrogen) atoms. The molecule has 6 heteroatoms. The maximum absolute atomic E-state index is 12.7. The molecule has 3 heterocycles. The molecular weight excluding hydrogens is 316 g/mol. The van der Waals surface area contributed by atoms with Crippen LogP contribution in [0.2, 0.25) is 0 Å². The molecule has 0 bridgehead atoms. The van der Waals surface area contributed by atoms with E-state index in [9.17, 15) is 9.90 Å². The number of carbonyl (C=O) groups is 1. The highest BCUT2D eigenvalue weighted by Gasteiger charge is 2.44. The van der Waals surface area contributed by atoms with Gasteiger partial charge in [0.25, 0.3) is 0 Å². The third kappa shape index (κ3) is 2.17. The van der Waals surface area contributed by atoms with Crippen molar-refractivity contribution in [2.75, 3.05) is 18.1 Å². The van der Waals surface area contributed by atoms with Crippen molar-refractivity contribution < 1.29 is 9.90 Å². The highest BCUT2D eigenvalue weighted by molar-refractivity contribution is 6.09. The average molecular weight is 336 g/mol. The van der Waals surface area contributed by atoms with Gasteiger partial charge in [0.2, 0.25) is 5.91 Å². The van der Waals surface area contributed by atoms with Crippen LogP contribution in [-0.4, -0.2) is 38.7 Å². The molecule has 0 unspecified atom stereocenters. The molecule has 4 rings (SSSR count). The number of imidazole rings is 1. The van der Waals surface area contributed by atoms with Gasteiger partial charge in [-0.3, -0.25) is 9.78 Å². The van der Waals surface area contributed by atoms with E-state index in [0.717, 1.165) is 33.8 Å². The largest absolute Gasteiger partial charge is 0.395 e. The third-order valence-electron chi connectivity index (χ3n) is 4.96. The van der Waals surface area contributed by atoms with E-state index in [4.69, 9.17) is 4.98 Å². The predicted molar refractivity (Wildman–Crippen MR) is 96.4 cm³/mol. The summed E-state index contributed by atoms with van der Waals surface area (Å²) in [7, 11) is 1.95. The molecule has 0 aliphatic carbocycles. The smallest absolute Gasteiger partial charge is 0.237 e. The first kappa shape index (κ1) is 15.8. The number of aromatic nitrogens is 3. The first-order valence-electron chi connectivity index (χ1n) is 8.30. The molecule has 2 aromatic heterocycles. The number of aryl methyl sites for hydroxylation is 1. The fourth-order valence-corrected chi connectivity index (χ4v) is 3.56. The second-order valence-corrected chi connectivity index (χ2v) is 6.87. The zero-order valence-electron chi connectivity index (χ0n) is 14.5. The fourth-order valence-electron chi connectivity index (χ4n) is 3.56. The SMILES string of the molecule is Cn1c(-c2ccccn2)nc2cc3c(cc21)N(CCO)C(=O)C3(C)C. The molecule has 6 nitrogen and oxygen atoms in total. The van der Waals surface area contributed by atoms with Gasteiger partial charge in [0.15, 0.2) is 5.82 Å². The molecule has 1 N–H and O–H groups in total. The summed E-state index contributed by atoms with van der Waals surface area (Å²) in [5.41, 5.74) is 3.77. The topological polar surface area (TPSA) is 71.2 Å². The maximum Gasteiger partial charge on any atom is 0.237 e. The lowest BCUT2D eigenvalue weighted by molar-refractivity contribution is -0.122. The van der Waals surface area contributed by atoms with E-state index in [0.29, 0.717) is 6.54 Å². The summed E-state index contributed by atoms with van der Waals surface area (Å²) < 4.78 is 1.99. The summed E-state index contributed by atoms with van der Waals surface area (Å²) in [6.07, 6.45) is 1.75. The van der Waals surface area contributed by atoms with Crippen LogP contribution in [0, 0.1) is 0 Å². The molecule has 0 saturated heterocycles. The van der Waals surface area contributed by atoms with Crippen molar-refractivity contribution in [1.29, 1.82) is 0 Å². The monoisotopic (exact) mass is 336 g/mol. The lowest BCUT2D eigenvalue weighted by Gasteiger charge is -2.19. The minimum Gasteiger partial charge on any atom is -0.395 e. The number of amides is 1. The summed E-state index contributed by atoms with van der Waals surface area (Å²) in [5, 5.41) is 9.34. The van der Waals surface area contributed by atoms with Crippen molar-refractivity contribution in [2.45, 2.75) is 19.3 Å². The number of aliphatic hydroxyl groups excluding tert-OH is 1. The number of carbonyl (C=O) groups excluding carboxylic acids is 1. The van der Waals surface area contributed by atoms with Crippen LogP contribution >= 0.6 is 0 Å². The van der Waals surface area contributed by atoms with Gasteiger partial charge in [-0.2, -0.15) is 0 Å². The lowest BCUT2D eigenvalue weighted by Crippen LogP contribution is -2.37. The van der Waals surface area contributed by atoms with E-state index in [-0.39, 0.29) is 12.5 Å². The Labute approximate surface area is 145 Å². The number of pyridine rings is 1. The number of hydrogen-bond acceptors (Lipinski definition) is 4. The minimum absolute atomic E-state index is 0.0109. The van der Waals surface area contributed by atoms with Gasteiger partial charge in [0.1, 0.15) is 5.69 Å².